The first-order chi connectivity index (χ1) is 10.2. The molecule has 0 spiro atoms. The van der Waals surface area contributed by atoms with Gasteiger partial charge in [-0.1, -0.05) is 0 Å². The first-order valence-electron chi connectivity index (χ1n) is 8.32. The van der Waals surface area contributed by atoms with E-state index in [2.05, 4.69) is 30.3 Å². The molecule has 1 N–H and O–H groups in total. The summed E-state index contributed by atoms with van der Waals surface area (Å²) >= 11 is 0. The number of aryl methyl sites for hydroxylation is 1. The fourth-order valence-electron chi connectivity index (χ4n) is 3.01. The molecule has 1 saturated heterocycles. The van der Waals surface area contributed by atoms with Crippen LogP contribution in [0.3, 0.4) is 0 Å². The van der Waals surface area contributed by atoms with Crippen LogP contribution in [-0.4, -0.2) is 37.2 Å². The van der Waals surface area contributed by atoms with Crippen LogP contribution in [0.25, 0.3) is 0 Å². The highest BCUT2D eigenvalue weighted by Crippen LogP contribution is 2.22. The molecule has 1 aromatic heterocycles. The van der Waals surface area contributed by atoms with Gasteiger partial charge in [0.15, 0.2) is 0 Å². The van der Waals surface area contributed by atoms with Gasteiger partial charge in [-0.15, -0.1) is 0 Å². The van der Waals surface area contributed by atoms with Gasteiger partial charge < -0.3 is 14.5 Å². The standard InChI is InChI=1S/C17H28N2O2/c1-13-14(10-18-15-6-7-15)9-17(21-13)12-19(2)11-16-5-3-4-8-20-16/h9,15-16,18H,3-8,10-12H2,1-2H3. The van der Waals surface area contributed by atoms with Crippen LogP contribution in [0.15, 0.2) is 10.5 Å². The number of hydrogen-bond acceptors (Lipinski definition) is 4. The minimum absolute atomic E-state index is 0.399. The highest BCUT2D eigenvalue weighted by Gasteiger charge is 2.21. The van der Waals surface area contributed by atoms with Gasteiger partial charge in [0, 0.05) is 31.3 Å². The van der Waals surface area contributed by atoms with Crippen LogP contribution < -0.4 is 5.32 Å². The van der Waals surface area contributed by atoms with E-state index in [0.717, 1.165) is 43.8 Å². The molecule has 0 radical (unpaired) electrons. The summed E-state index contributed by atoms with van der Waals surface area (Å²) in [4.78, 5) is 2.31. The molecule has 2 heterocycles. The number of likely N-dealkylation sites (N-methyl/N-ethyl adjacent to an activating group) is 1. The molecule has 4 nitrogen and oxygen atoms in total. The van der Waals surface area contributed by atoms with Crippen LogP contribution in [-0.2, 0) is 17.8 Å². The third-order valence-corrected chi connectivity index (χ3v) is 4.45. The molecule has 0 bridgehead atoms. The number of nitrogens with zero attached hydrogens (tertiary/aromatic N) is 1. The van der Waals surface area contributed by atoms with Crippen LogP contribution >= 0.6 is 0 Å². The van der Waals surface area contributed by atoms with Crippen molar-refractivity contribution in [3.05, 3.63) is 23.2 Å². The topological polar surface area (TPSA) is 37.6 Å². The lowest BCUT2D eigenvalue weighted by Gasteiger charge is -2.26. The van der Waals surface area contributed by atoms with Gasteiger partial charge in [0.1, 0.15) is 11.5 Å². The van der Waals surface area contributed by atoms with Crippen LogP contribution in [0.4, 0.5) is 0 Å². The quantitative estimate of drug-likeness (QED) is 0.838. The number of furan rings is 1. The Morgan fingerprint density at radius 2 is 2.14 bits per heavy atom. The van der Waals surface area contributed by atoms with Crippen molar-refractivity contribution in [1.82, 2.24) is 10.2 Å². The molecule has 1 atom stereocenters. The Kier molecular flexibility index (Phi) is 4.99. The SMILES string of the molecule is Cc1oc(CN(C)CC2CCCCO2)cc1CNC1CC1. The largest absolute Gasteiger partial charge is 0.465 e. The third-order valence-electron chi connectivity index (χ3n) is 4.45. The van der Waals surface area contributed by atoms with Crippen molar-refractivity contribution in [3.8, 4) is 0 Å². The molecule has 3 rings (SSSR count). The number of ether oxygens (including phenoxy) is 1. The van der Waals surface area contributed by atoms with E-state index in [4.69, 9.17) is 9.15 Å². The normalized spacial score (nSPS) is 22.9. The van der Waals surface area contributed by atoms with Gasteiger partial charge in [0.25, 0.3) is 0 Å². The van der Waals surface area contributed by atoms with Crippen molar-refractivity contribution in [2.24, 2.45) is 0 Å². The number of nitrogens with one attached hydrogen (secondary N) is 1. The molecule has 1 aromatic rings. The summed E-state index contributed by atoms with van der Waals surface area (Å²) in [5, 5.41) is 3.55. The molecular formula is C17H28N2O2. The molecule has 2 fully saturated rings. The minimum atomic E-state index is 0.399. The molecule has 21 heavy (non-hydrogen) atoms. The van der Waals surface area contributed by atoms with E-state index in [9.17, 15) is 0 Å². The maximum Gasteiger partial charge on any atom is 0.118 e. The molecule has 118 valence electrons. The highest BCUT2D eigenvalue weighted by molar-refractivity contribution is 5.21. The lowest BCUT2D eigenvalue weighted by Crippen LogP contribution is -2.32. The zero-order chi connectivity index (χ0) is 14.7. The molecule has 0 amide bonds. The summed E-state index contributed by atoms with van der Waals surface area (Å²) in [5.74, 6) is 2.12. The molecule has 1 unspecified atom stereocenters. The molecule has 1 saturated carbocycles. The van der Waals surface area contributed by atoms with Gasteiger partial charge in [-0.25, -0.2) is 0 Å². The van der Waals surface area contributed by atoms with Gasteiger partial charge in [-0.05, 0) is 52.1 Å². The van der Waals surface area contributed by atoms with E-state index in [0.29, 0.717) is 6.10 Å². The van der Waals surface area contributed by atoms with Crippen LogP contribution in [0.1, 0.15) is 49.2 Å². The summed E-state index contributed by atoms with van der Waals surface area (Å²) < 4.78 is 11.7. The summed E-state index contributed by atoms with van der Waals surface area (Å²) in [6.45, 7) is 5.79. The minimum Gasteiger partial charge on any atom is -0.465 e. The fraction of sp³-hybridized carbons (Fsp3) is 0.765. The molecule has 2 aliphatic rings. The second kappa shape index (κ2) is 6.95. The van der Waals surface area contributed by atoms with Crippen molar-refractivity contribution < 1.29 is 9.15 Å². The smallest absolute Gasteiger partial charge is 0.118 e. The Hall–Kier alpha value is -0.840. The van der Waals surface area contributed by atoms with E-state index < -0.39 is 0 Å². The van der Waals surface area contributed by atoms with Crippen LogP contribution in [0.2, 0.25) is 0 Å². The Morgan fingerprint density at radius 3 is 2.86 bits per heavy atom. The molecule has 0 aromatic carbocycles. The predicted octanol–water partition coefficient (Wildman–Crippen LogP) is 2.84. The first kappa shape index (κ1) is 15.1. The number of rotatable bonds is 7. The van der Waals surface area contributed by atoms with E-state index in [1.54, 1.807) is 0 Å². The highest BCUT2D eigenvalue weighted by atomic mass is 16.5. The predicted molar refractivity (Wildman–Crippen MR) is 83.2 cm³/mol. The van der Waals surface area contributed by atoms with Gasteiger partial charge >= 0.3 is 0 Å². The second-order valence-electron chi connectivity index (χ2n) is 6.63. The van der Waals surface area contributed by atoms with Crippen molar-refractivity contribution in [3.63, 3.8) is 0 Å². The van der Waals surface area contributed by atoms with Crippen LogP contribution in [0.5, 0.6) is 0 Å². The maximum atomic E-state index is 5.90. The van der Waals surface area contributed by atoms with E-state index in [-0.39, 0.29) is 0 Å². The van der Waals surface area contributed by atoms with Crippen LogP contribution in [0, 0.1) is 6.92 Å². The summed E-state index contributed by atoms with van der Waals surface area (Å²) in [6, 6.07) is 2.96. The Labute approximate surface area is 127 Å². The first-order valence-corrected chi connectivity index (χ1v) is 8.32. The summed E-state index contributed by atoms with van der Waals surface area (Å²) in [5.41, 5.74) is 1.30. The lowest BCUT2D eigenvalue weighted by atomic mass is 10.1. The zero-order valence-corrected chi connectivity index (χ0v) is 13.4. The third kappa shape index (κ3) is 4.56. The molecule has 4 heteroatoms. The lowest BCUT2D eigenvalue weighted by molar-refractivity contribution is -0.00340. The van der Waals surface area contributed by atoms with Crippen molar-refractivity contribution in [1.29, 1.82) is 0 Å². The molecule has 1 aliphatic heterocycles. The summed E-state index contributed by atoms with van der Waals surface area (Å²) in [7, 11) is 2.15. The summed E-state index contributed by atoms with van der Waals surface area (Å²) in [6.07, 6.45) is 6.76. The fourth-order valence-corrected chi connectivity index (χ4v) is 3.01. The Morgan fingerprint density at radius 1 is 1.29 bits per heavy atom. The van der Waals surface area contributed by atoms with Crippen molar-refractivity contribution >= 4 is 0 Å². The van der Waals surface area contributed by atoms with Crippen molar-refractivity contribution in [2.75, 3.05) is 20.2 Å². The van der Waals surface area contributed by atoms with Gasteiger partial charge in [0.2, 0.25) is 0 Å². The average Bonchev–Trinajstić information content (AvgIpc) is 3.22. The Bertz CT molecular complexity index is 448. The van der Waals surface area contributed by atoms with Gasteiger partial charge in [0.05, 0.1) is 12.6 Å². The van der Waals surface area contributed by atoms with Crippen molar-refractivity contribution in [2.45, 2.75) is 64.3 Å². The van der Waals surface area contributed by atoms with E-state index in [1.807, 2.05) is 0 Å². The van der Waals surface area contributed by atoms with E-state index in [1.165, 1.54) is 37.7 Å². The molecular weight excluding hydrogens is 264 g/mol. The van der Waals surface area contributed by atoms with Gasteiger partial charge in [-0.2, -0.15) is 0 Å². The number of hydrogen-bond donors (Lipinski definition) is 1. The maximum absolute atomic E-state index is 5.90. The van der Waals surface area contributed by atoms with E-state index >= 15 is 0 Å². The molecule has 1 aliphatic carbocycles. The monoisotopic (exact) mass is 292 g/mol. The average molecular weight is 292 g/mol. The zero-order valence-electron chi connectivity index (χ0n) is 13.4. The van der Waals surface area contributed by atoms with Gasteiger partial charge in [-0.3, -0.25) is 4.90 Å². The Balaban J connectivity index is 1.47. The second-order valence-corrected chi connectivity index (χ2v) is 6.63.